The first-order chi connectivity index (χ1) is 15.1. The molecule has 2 aromatic carbocycles. The largest absolute Gasteiger partial charge is 0.483 e. The van der Waals surface area contributed by atoms with Crippen LogP contribution in [0.5, 0.6) is 5.75 Å². The molecule has 0 atom stereocenters. The van der Waals surface area contributed by atoms with Gasteiger partial charge in [-0.2, -0.15) is 0 Å². The Bertz CT molecular complexity index is 1030. The van der Waals surface area contributed by atoms with E-state index in [1.807, 2.05) is 68.4 Å². The predicted octanol–water partition coefficient (Wildman–Crippen LogP) is 4.77. The van der Waals surface area contributed by atoms with Crippen LogP contribution in [-0.4, -0.2) is 35.8 Å². The highest BCUT2D eigenvalue weighted by atomic mass is 16.5. The number of ether oxygens (including phenoxy) is 1. The number of benzene rings is 2. The molecule has 1 amide bonds. The van der Waals surface area contributed by atoms with E-state index in [9.17, 15) is 4.79 Å². The van der Waals surface area contributed by atoms with Gasteiger partial charge in [0.05, 0.1) is 5.69 Å². The minimum atomic E-state index is -0.196. The van der Waals surface area contributed by atoms with Crippen molar-refractivity contribution in [1.82, 2.24) is 10.2 Å². The summed E-state index contributed by atoms with van der Waals surface area (Å²) in [7, 11) is 0. The fraction of sp³-hybridized carbons (Fsp3) is 0.320. The summed E-state index contributed by atoms with van der Waals surface area (Å²) in [5.41, 5.74) is 4.68. The predicted molar refractivity (Wildman–Crippen MR) is 124 cm³/mol. The van der Waals surface area contributed by atoms with Gasteiger partial charge in [0.1, 0.15) is 5.75 Å². The van der Waals surface area contributed by atoms with Crippen molar-refractivity contribution in [3.8, 4) is 17.0 Å². The van der Waals surface area contributed by atoms with Crippen LogP contribution in [0.25, 0.3) is 11.3 Å². The summed E-state index contributed by atoms with van der Waals surface area (Å²) < 4.78 is 5.65. The molecule has 2 heterocycles. The van der Waals surface area contributed by atoms with E-state index in [1.54, 1.807) is 0 Å². The number of piperidine rings is 1. The van der Waals surface area contributed by atoms with Gasteiger partial charge < -0.3 is 15.0 Å². The number of hydrogen-bond acceptors (Lipinski definition) is 5. The zero-order valence-corrected chi connectivity index (χ0v) is 18.1. The van der Waals surface area contributed by atoms with Crippen LogP contribution in [0.3, 0.4) is 0 Å². The molecular formula is C25H28N4O2. The maximum atomic E-state index is 12.2. The number of aromatic nitrogens is 2. The second kappa shape index (κ2) is 9.60. The highest BCUT2D eigenvalue weighted by Gasteiger charge is 2.13. The van der Waals surface area contributed by atoms with Crippen LogP contribution in [0.2, 0.25) is 0 Å². The number of aryl methyl sites for hydroxylation is 2. The van der Waals surface area contributed by atoms with Gasteiger partial charge in [0, 0.05) is 24.3 Å². The van der Waals surface area contributed by atoms with Gasteiger partial charge >= 0.3 is 0 Å². The zero-order valence-electron chi connectivity index (χ0n) is 18.1. The SMILES string of the molecule is Cc1ccc(OCC(=O)Nc2ccc(-c3ccc(N4CCCCC4)nn3)cc2)c(C)c1. The molecule has 0 bridgehead atoms. The minimum Gasteiger partial charge on any atom is -0.483 e. The Morgan fingerprint density at radius 3 is 2.42 bits per heavy atom. The normalized spacial score (nSPS) is 13.7. The third-order valence-electron chi connectivity index (χ3n) is 5.48. The van der Waals surface area contributed by atoms with Crippen molar-refractivity contribution in [1.29, 1.82) is 0 Å². The molecule has 0 unspecified atom stereocenters. The maximum Gasteiger partial charge on any atom is 0.262 e. The van der Waals surface area contributed by atoms with Gasteiger partial charge in [-0.05, 0) is 69.0 Å². The summed E-state index contributed by atoms with van der Waals surface area (Å²) in [5, 5.41) is 11.7. The number of hydrogen-bond donors (Lipinski definition) is 1. The highest BCUT2D eigenvalue weighted by molar-refractivity contribution is 5.92. The molecule has 0 radical (unpaired) electrons. The highest BCUT2D eigenvalue weighted by Crippen LogP contribution is 2.23. The average molecular weight is 417 g/mol. The molecule has 31 heavy (non-hydrogen) atoms. The van der Waals surface area contributed by atoms with Crippen molar-refractivity contribution in [2.24, 2.45) is 0 Å². The number of nitrogens with one attached hydrogen (secondary N) is 1. The average Bonchev–Trinajstić information content (AvgIpc) is 2.80. The molecular weight excluding hydrogens is 388 g/mol. The summed E-state index contributed by atoms with van der Waals surface area (Å²) in [6.45, 7) is 6.07. The van der Waals surface area contributed by atoms with Gasteiger partial charge in [0.25, 0.3) is 5.91 Å². The van der Waals surface area contributed by atoms with E-state index in [0.29, 0.717) is 0 Å². The standard InChI is InChI=1S/C25H28N4O2/c1-18-6-12-23(19(2)16-18)31-17-25(30)26-21-9-7-20(8-10-21)22-11-13-24(28-27-22)29-14-4-3-5-15-29/h6-13,16H,3-5,14-15,17H2,1-2H3,(H,26,30). The number of nitrogens with zero attached hydrogens (tertiary/aromatic N) is 3. The van der Waals surface area contributed by atoms with Crippen LogP contribution in [-0.2, 0) is 4.79 Å². The Hall–Kier alpha value is -3.41. The fourth-order valence-corrected chi connectivity index (χ4v) is 3.80. The van der Waals surface area contributed by atoms with Crippen molar-refractivity contribution >= 4 is 17.4 Å². The van der Waals surface area contributed by atoms with E-state index in [4.69, 9.17) is 4.74 Å². The van der Waals surface area contributed by atoms with Crippen LogP contribution in [0.15, 0.2) is 54.6 Å². The molecule has 6 heteroatoms. The van der Waals surface area contributed by atoms with Crippen LogP contribution in [0, 0.1) is 13.8 Å². The fourth-order valence-electron chi connectivity index (χ4n) is 3.80. The third-order valence-corrected chi connectivity index (χ3v) is 5.48. The van der Waals surface area contributed by atoms with Gasteiger partial charge in [0.15, 0.2) is 12.4 Å². The molecule has 6 nitrogen and oxygen atoms in total. The Morgan fingerprint density at radius 1 is 0.968 bits per heavy atom. The van der Waals surface area contributed by atoms with Crippen molar-refractivity contribution in [3.05, 3.63) is 65.7 Å². The number of amides is 1. The van der Waals surface area contributed by atoms with E-state index in [2.05, 4.69) is 20.4 Å². The van der Waals surface area contributed by atoms with Gasteiger partial charge in [-0.3, -0.25) is 4.79 Å². The van der Waals surface area contributed by atoms with Gasteiger partial charge in [-0.1, -0.05) is 29.8 Å². The molecule has 3 aromatic rings. The zero-order chi connectivity index (χ0) is 21.6. The van der Waals surface area contributed by atoms with Crippen molar-refractivity contribution in [2.45, 2.75) is 33.1 Å². The lowest BCUT2D eigenvalue weighted by atomic mass is 10.1. The molecule has 0 spiro atoms. The van der Waals surface area contributed by atoms with Crippen molar-refractivity contribution < 1.29 is 9.53 Å². The molecule has 1 aliphatic rings. The van der Waals surface area contributed by atoms with E-state index < -0.39 is 0 Å². The Labute approximate surface area is 183 Å². The van der Waals surface area contributed by atoms with Gasteiger partial charge in [0.2, 0.25) is 0 Å². The van der Waals surface area contributed by atoms with Crippen LogP contribution in [0.4, 0.5) is 11.5 Å². The maximum absolute atomic E-state index is 12.2. The first kappa shape index (κ1) is 20.8. The lowest BCUT2D eigenvalue weighted by Gasteiger charge is -2.27. The molecule has 1 N–H and O–H groups in total. The van der Waals surface area contributed by atoms with Crippen molar-refractivity contribution in [3.63, 3.8) is 0 Å². The number of carbonyl (C=O) groups is 1. The lowest BCUT2D eigenvalue weighted by Crippen LogP contribution is -2.30. The summed E-state index contributed by atoms with van der Waals surface area (Å²) >= 11 is 0. The van der Waals surface area contributed by atoms with Crippen LogP contribution in [0.1, 0.15) is 30.4 Å². The first-order valence-electron chi connectivity index (χ1n) is 10.8. The summed E-state index contributed by atoms with van der Waals surface area (Å²) in [4.78, 5) is 14.5. The van der Waals surface area contributed by atoms with E-state index in [0.717, 1.165) is 47.2 Å². The monoisotopic (exact) mass is 416 g/mol. The summed E-state index contributed by atoms with van der Waals surface area (Å²) in [6, 6.07) is 17.5. The van der Waals surface area contributed by atoms with E-state index in [-0.39, 0.29) is 12.5 Å². The second-order valence-corrected chi connectivity index (χ2v) is 8.01. The van der Waals surface area contributed by atoms with Gasteiger partial charge in [-0.25, -0.2) is 0 Å². The smallest absolute Gasteiger partial charge is 0.262 e. The van der Waals surface area contributed by atoms with E-state index in [1.165, 1.54) is 24.8 Å². The lowest BCUT2D eigenvalue weighted by molar-refractivity contribution is -0.118. The summed E-state index contributed by atoms with van der Waals surface area (Å²) in [5.74, 6) is 1.47. The Morgan fingerprint density at radius 2 is 1.74 bits per heavy atom. The molecule has 1 fully saturated rings. The molecule has 1 aliphatic heterocycles. The molecule has 160 valence electrons. The molecule has 1 saturated heterocycles. The number of carbonyl (C=O) groups excluding carboxylic acids is 1. The second-order valence-electron chi connectivity index (χ2n) is 8.01. The van der Waals surface area contributed by atoms with Crippen molar-refractivity contribution in [2.75, 3.05) is 29.9 Å². The first-order valence-corrected chi connectivity index (χ1v) is 10.8. The Kier molecular flexibility index (Phi) is 6.46. The topological polar surface area (TPSA) is 67.3 Å². The number of rotatable bonds is 6. The summed E-state index contributed by atoms with van der Waals surface area (Å²) in [6.07, 6.45) is 3.72. The molecule has 1 aromatic heterocycles. The molecule has 0 aliphatic carbocycles. The third kappa shape index (κ3) is 5.40. The molecule has 4 rings (SSSR count). The quantitative estimate of drug-likeness (QED) is 0.627. The Balaban J connectivity index is 1.32. The molecule has 0 saturated carbocycles. The van der Waals surface area contributed by atoms with Gasteiger partial charge in [-0.15, -0.1) is 10.2 Å². The minimum absolute atomic E-state index is 0.0326. The van der Waals surface area contributed by atoms with Crippen LogP contribution >= 0.6 is 0 Å². The van der Waals surface area contributed by atoms with Crippen LogP contribution < -0.4 is 15.0 Å². The van der Waals surface area contributed by atoms with E-state index >= 15 is 0 Å². The number of anilines is 2.